The molecule has 0 radical (unpaired) electrons. The third kappa shape index (κ3) is 3.47. The lowest BCUT2D eigenvalue weighted by Crippen LogP contribution is -2.11. The normalized spacial score (nSPS) is 12.1. The topological polar surface area (TPSA) is 124 Å². The van der Waals surface area contributed by atoms with Crippen molar-refractivity contribution in [2.24, 2.45) is 0 Å². The molecule has 0 saturated heterocycles. The maximum atomic E-state index is 13.4. The fourth-order valence-electron chi connectivity index (χ4n) is 2.86. The highest BCUT2D eigenvalue weighted by molar-refractivity contribution is 8.00. The van der Waals surface area contributed by atoms with Gasteiger partial charge in [0.15, 0.2) is 10.9 Å². The molecule has 0 bridgehead atoms. The third-order valence-electron chi connectivity index (χ3n) is 4.07. The number of para-hydroxylation sites is 1. The van der Waals surface area contributed by atoms with E-state index in [1.165, 1.54) is 11.8 Å². The summed E-state index contributed by atoms with van der Waals surface area (Å²) in [5, 5.41) is 0.632. The number of nitrogens with two attached hydrogens (primary N) is 2. The Balaban J connectivity index is 1.77. The highest BCUT2D eigenvalue weighted by atomic mass is 32.2. The first kappa shape index (κ1) is 17.0. The Morgan fingerprint density at radius 2 is 1.59 bits per heavy atom. The molecule has 8 heteroatoms. The van der Waals surface area contributed by atoms with Gasteiger partial charge in [0.1, 0.15) is 5.25 Å². The molecule has 5 N–H and O–H groups in total. The zero-order valence-corrected chi connectivity index (χ0v) is 15.0. The fourth-order valence-corrected chi connectivity index (χ4v) is 3.89. The molecule has 0 aliphatic rings. The lowest BCUT2D eigenvalue weighted by Gasteiger charge is -2.15. The Labute approximate surface area is 159 Å². The summed E-state index contributed by atoms with van der Waals surface area (Å²) in [5.41, 5.74) is 13.7. The predicted octanol–water partition coefficient (Wildman–Crippen LogP) is 3.23. The largest absolute Gasteiger partial charge is 0.368 e. The SMILES string of the molecule is Nc1nc(N)nc(SC(C(=O)c2c[nH]c3ccccc23)c2ccccc2)n1. The molecule has 4 aromatic rings. The highest BCUT2D eigenvalue weighted by Crippen LogP contribution is 2.37. The van der Waals surface area contributed by atoms with E-state index in [2.05, 4.69) is 19.9 Å². The van der Waals surface area contributed by atoms with Crippen LogP contribution in [-0.4, -0.2) is 25.7 Å². The summed E-state index contributed by atoms with van der Waals surface area (Å²) in [7, 11) is 0. The second-order valence-corrected chi connectivity index (χ2v) is 6.93. The summed E-state index contributed by atoms with van der Waals surface area (Å²) in [6.07, 6.45) is 1.74. The van der Waals surface area contributed by atoms with Gasteiger partial charge in [-0.05, 0) is 11.6 Å². The summed E-state index contributed by atoms with van der Waals surface area (Å²) >= 11 is 1.20. The van der Waals surface area contributed by atoms with Crippen LogP contribution in [0.5, 0.6) is 0 Å². The molecule has 0 aliphatic carbocycles. The molecule has 1 atom stereocenters. The Morgan fingerprint density at radius 1 is 0.926 bits per heavy atom. The number of rotatable bonds is 5. The van der Waals surface area contributed by atoms with Gasteiger partial charge in [-0.2, -0.15) is 15.0 Å². The van der Waals surface area contributed by atoms with Crippen molar-refractivity contribution in [3.63, 3.8) is 0 Å². The zero-order valence-electron chi connectivity index (χ0n) is 14.2. The molecule has 7 nitrogen and oxygen atoms in total. The molecule has 2 aromatic heterocycles. The molecule has 0 fully saturated rings. The average Bonchev–Trinajstić information content (AvgIpc) is 3.10. The lowest BCUT2D eigenvalue weighted by atomic mass is 10.0. The van der Waals surface area contributed by atoms with Crippen molar-refractivity contribution in [2.75, 3.05) is 11.5 Å². The van der Waals surface area contributed by atoms with Crippen LogP contribution in [0.25, 0.3) is 10.9 Å². The summed E-state index contributed by atoms with van der Waals surface area (Å²) in [4.78, 5) is 28.6. The first-order valence-electron chi connectivity index (χ1n) is 8.21. The van der Waals surface area contributed by atoms with E-state index in [1.54, 1.807) is 6.20 Å². The standard InChI is InChI=1S/C19H16N6OS/c20-17-23-18(21)25-19(24-17)27-16(11-6-2-1-3-7-11)15(26)13-10-22-14-9-5-4-8-12(13)14/h1-10,16,22H,(H4,20,21,23,24,25). The highest BCUT2D eigenvalue weighted by Gasteiger charge is 2.27. The van der Waals surface area contributed by atoms with Crippen LogP contribution in [0.2, 0.25) is 0 Å². The van der Waals surface area contributed by atoms with Crippen LogP contribution in [0.1, 0.15) is 21.2 Å². The van der Waals surface area contributed by atoms with Crippen LogP contribution in [-0.2, 0) is 0 Å². The third-order valence-corrected chi connectivity index (χ3v) is 5.18. The number of aromatic amines is 1. The van der Waals surface area contributed by atoms with Gasteiger partial charge in [-0.1, -0.05) is 60.3 Å². The summed E-state index contributed by atoms with van der Waals surface area (Å²) in [6, 6.07) is 17.2. The number of benzene rings is 2. The quantitative estimate of drug-likeness (QED) is 0.361. The Bertz CT molecular complexity index is 1090. The van der Waals surface area contributed by atoms with Gasteiger partial charge in [0.05, 0.1) is 0 Å². The van der Waals surface area contributed by atoms with Gasteiger partial charge in [-0.3, -0.25) is 4.79 Å². The number of nitrogens with one attached hydrogen (secondary N) is 1. The fraction of sp³-hybridized carbons (Fsp3) is 0.0526. The van der Waals surface area contributed by atoms with E-state index in [9.17, 15) is 4.79 Å². The van der Waals surface area contributed by atoms with Crippen LogP contribution in [0.4, 0.5) is 11.9 Å². The molecule has 0 saturated carbocycles. The molecule has 0 aliphatic heterocycles. The maximum Gasteiger partial charge on any atom is 0.225 e. The van der Waals surface area contributed by atoms with Crippen LogP contribution >= 0.6 is 11.8 Å². The number of thioether (sulfide) groups is 1. The Kier molecular flexibility index (Phi) is 4.47. The molecule has 1 unspecified atom stereocenters. The van der Waals surface area contributed by atoms with Gasteiger partial charge >= 0.3 is 0 Å². The number of carbonyl (C=O) groups is 1. The first-order valence-corrected chi connectivity index (χ1v) is 9.09. The molecule has 4 rings (SSSR count). The number of hydrogen-bond acceptors (Lipinski definition) is 7. The van der Waals surface area contributed by atoms with Gasteiger partial charge in [0.25, 0.3) is 0 Å². The van der Waals surface area contributed by atoms with Crippen molar-refractivity contribution in [3.8, 4) is 0 Å². The molecular weight excluding hydrogens is 360 g/mol. The second kappa shape index (κ2) is 7.08. The number of fused-ring (bicyclic) bond motifs is 1. The van der Waals surface area contributed by atoms with E-state index in [4.69, 9.17) is 11.5 Å². The van der Waals surface area contributed by atoms with Gasteiger partial charge in [-0.15, -0.1) is 0 Å². The smallest absolute Gasteiger partial charge is 0.225 e. The first-order chi connectivity index (χ1) is 13.1. The lowest BCUT2D eigenvalue weighted by molar-refractivity contribution is 0.0991. The van der Waals surface area contributed by atoms with Crippen molar-refractivity contribution in [1.82, 2.24) is 19.9 Å². The number of anilines is 2. The van der Waals surface area contributed by atoms with Crippen molar-refractivity contribution in [2.45, 2.75) is 10.4 Å². The van der Waals surface area contributed by atoms with E-state index >= 15 is 0 Å². The Hall–Kier alpha value is -3.39. The van der Waals surface area contributed by atoms with Gasteiger partial charge in [-0.25, -0.2) is 0 Å². The van der Waals surface area contributed by atoms with Crippen molar-refractivity contribution in [3.05, 3.63) is 71.9 Å². The molecule has 0 amide bonds. The molecule has 0 spiro atoms. The zero-order chi connectivity index (χ0) is 18.8. The number of ketones is 1. The molecular formula is C19H16N6OS. The van der Waals surface area contributed by atoms with E-state index in [1.807, 2.05) is 54.6 Å². The summed E-state index contributed by atoms with van der Waals surface area (Å²) < 4.78 is 0. The van der Waals surface area contributed by atoms with E-state index in [0.29, 0.717) is 10.7 Å². The van der Waals surface area contributed by atoms with E-state index < -0.39 is 5.25 Å². The van der Waals surface area contributed by atoms with Crippen molar-refractivity contribution >= 4 is 40.3 Å². The van der Waals surface area contributed by atoms with Crippen molar-refractivity contribution < 1.29 is 4.79 Å². The van der Waals surface area contributed by atoms with Gasteiger partial charge < -0.3 is 16.5 Å². The number of nitrogens with zero attached hydrogens (tertiary/aromatic N) is 3. The van der Waals surface area contributed by atoms with Crippen LogP contribution < -0.4 is 11.5 Å². The maximum absolute atomic E-state index is 13.4. The monoisotopic (exact) mass is 376 g/mol. The summed E-state index contributed by atoms with van der Waals surface area (Å²) in [6.45, 7) is 0. The van der Waals surface area contributed by atoms with Crippen LogP contribution in [0.3, 0.4) is 0 Å². The van der Waals surface area contributed by atoms with Crippen LogP contribution in [0, 0.1) is 0 Å². The van der Waals surface area contributed by atoms with E-state index in [-0.39, 0.29) is 17.7 Å². The molecule has 134 valence electrons. The predicted molar refractivity (Wildman–Crippen MR) is 106 cm³/mol. The molecule has 2 heterocycles. The Morgan fingerprint density at radius 3 is 2.33 bits per heavy atom. The minimum Gasteiger partial charge on any atom is -0.368 e. The number of H-pyrrole nitrogens is 1. The number of carbonyl (C=O) groups excluding carboxylic acids is 1. The average molecular weight is 376 g/mol. The van der Waals surface area contributed by atoms with E-state index in [0.717, 1.165) is 16.5 Å². The van der Waals surface area contributed by atoms with Gasteiger partial charge in [0, 0.05) is 22.7 Å². The van der Waals surface area contributed by atoms with Gasteiger partial charge in [0.2, 0.25) is 11.9 Å². The minimum atomic E-state index is -0.549. The number of hydrogen-bond donors (Lipinski definition) is 3. The molecule has 2 aromatic carbocycles. The molecule has 27 heavy (non-hydrogen) atoms. The number of nitrogen functional groups attached to an aromatic ring is 2. The number of aromatic nitrogens is 4. The number of Topliss-reactive ketones (excluding diaryl/α,β-unsaturated/α-hetero) is 1. The van der Waals surface area contributed by atoms with Crippen molar-refractivity contribution in [1.29, 1.82) is 0 Å². The second-order valence-electron chi connectivity index (χ2n) is 5.86. The van der Waals surface area contributed by atoms with Crippen LogP contribution in [0.15, 0.2) is 66.0 Å². The minimum absolute atomic E-state index is 0.0244. The summed E-state index contributed by atoms with van der Waals surface area (Å²) in [5.74, 6) is -0.00563.